The van der Waals surface area contributed by atoms with Crippen molar-refractivity contribution in [3.05, 3.63) is 41.6 Å². The van der Waals surface area contributed by atoms with E-state index in [0.717, 1.165) is 30.0 Å². The molecule has 30 heavy (non-hydrogen) atoms. The Labute approximate surface area is 179 Å². The van der Waals surface area contributed by atoms with E-state index in [1.165, 1.54) is 31.2 Å². The molecule has 1 saturated carbocycles. The molecule has 0 saturated heterocycles. The van der Waals surface area contributed by atoms with Gasteiger partial charge in [0.25, 0.3) is 0 Å². The second-order valence-corrected chi connectivity index (χ2v) is 9.17. The molecule has 1 fully saturated rings. The quantitative estimate of drug-likeness (QED) is 0.698. The van der Waals surface area contributed by atoms with Gasteiger partial charge in [-0.2, -0.15) is 4.98 Å². The molecule has 2 aromatic rings. The number of amides is 1. The van der Waals surface area contributed by atoms with E-state index in [1.54, 1.807) is 6.20 Å². The molecule has 0 unspecified atom stereocenters. The number of hydrogen-bond donors (Lipinski definition) is 2. The maximum atomic E-state index is 13.0. The number of hydrogen-bond acceptors (Lipinski definition) is 5. The van der Waals surface area contributed by atoms with Crippen LogP contribution in [0, 0.1) is 0 Å². The van der Waals surface area contributed by atoms with Crippen molar-refractivity contribution >= 4 is 23.4 Å². The number of nitrogens with one attached hydrogen (secondary N) is 2. The predicted molar refractivity (Wildman–Crippen MR) is 121 cm³/mol. The summed E-state index contributed by atoms with van der Waals surface area (Å²) in [6.45, 7) is 8.96. The van der Waals surface area contributed by atoms with Crippen LogP contribution in [0.3, 0.4) is 0 Å². The number of aromatic nitrogens is 2. The number of carbonyl (C=O) groups excluding carboxylic acids is 1. The summed E-state index contributed by atoms with van der Waals surface area (Å²) in [5.74, 6) is 1.34. The third kappa shape index (κ3) is 3.93. The second-order valence-electron chi connectivity index (χ2n) is 9.17. The highest BCUT2D eigenvalue weighted by Crippen LogP contribution is 2.41. The van der Waals surface area contributed by atoms with Crippen LogP contribution in [0.1, 0.15) is 70.9 Å². The van der Waals surface area contributed by atoms with Gasteiger partial charge in [-0.3, -0.25) is 9.69 Å². The van der Waals surface area contributed by atoms with Crippen LogP contribution in [0.25, 0.3) is 0 Å². The van der Waals surface area contributed by atoms with Crippen LogP contribution < -0.4 is 15.5 Å². The summed E-state index contributed by atoms with van der Waals surface area (Å²) in [7, 11) is 0. The summed E-state index contributed by atoms with van der Waals surface area (Å²) in [4.78, 5) is 24.0. The molecule has 1 atom stereocenters. The van der Waals surface area contributed by atoms with Crippen LogP contribution >= 0.6 is 0 Å². The minimum atomic E-state index is -0.592. The van der Waals surface area contributed by atoms with Crippen LogP contribution in [-0.4, -0.2) is 28.0 Å². The summed E-state index contributed by atoms with van der Waals surface area (Å²) < 4.78 is 0. The van der Waals surface area contributed by atoms with Gasteiger partial charge >= 0.3 is 0 Å². The van der Waals surface area contributed by atoms with Crippen LogP contribution in [0.4, 0.5) is 17.5 Å². The highest BCUT2D eigenvalue weighted by molar-refractivity contribution is 6.07. The maximum Gasteiger partial charge on any atom is 0.238 e. The Hall–Kier alpha value is -2.47. The van der Waals surface area contributed by atoms with E-state index in [1.807, 2.05) is 18.7 Å². The Morgan fingerprint density at radius 1 is 1.20 bits per heavy atom. The summed E-state index contributed by atoms with van der Waals surface area (Å²) in [5, 5.41) is 6.94. The van der Waals surface area contributed by atoms with Crippen molar-refractivity contribution in [1.29, 1.82) is 0 Å². The zero-order chi connectivity index (χ0) is 21.3. The number of rotatable bonds is 7. The van der Waals surface area contributed by atoms with Crippen molar-refractivity contribution in [3.63, 3.8) is 0 Å². The largest absolute Gasteiger partial charge is 0.324 e. The first-order valence-corrected chi connectivity index (χ1v) is 11.2. The smallest absolute Gasteiger partial charge is 0.238 e. The summed E-state index contributed by atoms with van der Waals surface area (Å²) in [5.41, 5.74) is 2.52. The van der Waals surface area contributed by atoms with Crippen LogP contribution in [0.15, 0.2) is 30.5 Å². The van der Waals surface area contributed by atoms with Crippen molar-refractivity contribution in [2.75, 3.05) is 10.2 Å². The Bertz CT molecular complexity index is 902. The Morgan fingerprint density at radius 2 is 1.90 bits per heavy atom. The van der Waals surface area contributed by atoms with Gasteiger partial charge in [-0.15, -0.1) is 0 Å². The van der Waals surface area contributed by atoms with Gasteiger partial charge in [0, 0.05) is 36.1 Å². The van der Waals surface area contributed by atoms with Gasteiger partial charge in [0.1, 0.15) is 5.82 Å². The molecule has 160 valence electrons. The van der Waals surface area contributed by atoms with Gasteiger partial charge in [-0.1, -0.05) is 31.9 Å². The molecule has 4 rings (SSSR count). The molecule has 6 heteroatoms. The lowest BCUT2D eigenvalue weighted by Gasteiger charge is -2.25. The van der Waals surface area contributed by atoms with E-state index in [2.05, 4.69) is 53.7 Å². The van der Waals surface area contributed by atoms with E-state index in [9.17, 15) is 4.79 Å². The second kappa shape index (κ2) is 8.34. The van der Waals surface area contributed by atoms with Gasteiger partial charge in [-0.25, -0.2) is 4.98 Å². The summed E-state index contributed by atoms with van der Waals surface area (Å²) in [6, 6.07) is 9.16. The van der Waals surface area contributed by atoms with Gasteiger partial charge in [0.05, 0.1) is 5.41 Å². The van der Waals surface area contributed by atoms with E-state index < -0.39 is 5.41 Å². The van der Waals surface area contributed by atoms with Crippen molar-refractivity contribution in [1.82, 2.24) is 15.3 Å². The average molecular weight is 408 g/mol. The first-order chi connectivity index (χ1) is 14.4. The lowest BCUT2D eigenvalue weighted by Crippen LogP contribution is -2.41. The van der Waals surface area contributed by atoms with Gasteiger partial charge in [0.2, 0.25) is 11.9 Å². The normalized spacial score (nSPS) is 19.2. The molecule has 2 aliphatic rings. The first-order valence-electron chi connectivity index (χ1n) is 11.2. The fourth-order valence-corrected chi connectivity index (χ4v) is 4.39. The third-order valence-corrected chi connectivity index (χ3v) is 6.62. The van der Waals surface area contributed by atoms with E-state index in [0.29, 0.717) is 12.0 Å². The molecule has 2 heterocycles. The van der Waals surface area contributed by atoms with E-state index in [4.69, 9.17) is 4.98 Å². The number of carbonyl (C=O) groups is 1. The third-order valence-electron chi connectivity index (χ3n) is 6.62. The molecule has 1 aromatic heterocycles. The molecule has 2 N–H and O–H groups in total. The Kier molecular flexibility index (Phi) is 5.78. The molecule has 1 aliphatic heterocycles. The van der Waals surface area contributed by atoms with Gasteiger partial charge in [-0.05, 0) is 57.7 Å². The fraction of sp³-hybridized carbons (Fsp3) is 0.542. The zero-order valence-corrected chi connectivity index (χ0v) is 18.5. The zero-order valence-electron chi connectivity index (χ0n) is 18.5. The Morgan fingerprint density at radius 3 is 2.57 bits per heavy atom. The van der Waals surface area contributed by atoms with Crippen molar-refractivity contribution in [2.45, 2.75) is 83.8 Å². The van der Waals surface area contributed by atoms with Crippen molar-refractivity contribution in [2.24, 2.45) is 0 Å². The van der Waals surface area contributed by atoms with Crippen molar-refractivity contribution in [3.8, 4) is 0 Å². The standard InChI is InChI=1S/C24H33N5O/c1-5-16(2)29-21-20(24(3,4)22(29)30)15-26-23(28-21)27-19-12-10-17(11-13-19)14-25-18-8-6-7-9-18/h10-13,15-16,18,25H,5-9,14H2,1-4H3,(H,26,27,28)/t16-/m0/s1. The van der Waals surface area contributed by atoms with Crippen LogP contribution in [0.5, 0.6) is 0 Å². The molecular formula is C24H33N5O. The molecule has 1 aromatic carbocycles. The maximum absolute atomic E-state index is 13.0. The minimum absolute atomic E-state index is 0.0948. The van der Waals surface area contributed by atoms with Crippen LogP contribution in [0.2, 0.25) is 0 Å². The summed E-state index contributed by atoms with van der Waals surface area (Å²) >= 11 is 0. The highest BCUT2D eigenvalue weighted by atomic mass is 16.2. The number of benzene rings is 1. The molecule has 1 aliphatic carbocycles. The number of fused-ring (bicyclic) bond motifs is 1. The number of anilines is 3. The fourth-order valence-electron chi connectivity index (χ4n) is 4.39. The predicted octanol–water partition coefficient (Wildman–Crippen LogP) is 4.68. The molecule has 1 amide bonds. The minimum Gasteiger partial charge on any atom is -0.324 e. The molecule has 0 bridgehead atoms. The van der Waals surface area contributed by atoms with E-state index in [-0.39, 0.29) is 11.9 Å². The molecule has 6 nitrogen and oxygen atoms in total. The monoisotopic (exact) mass is 407 g/mol. The number of nitrogens with zero attached hydrogens (tertiary/aromatic N) is 3. The highest BCUT2D eigenvalue weighted by Gasteiger charge is 2.46. The Balaban J connectivity index is 1.48. The van der Waals surface area contributed by atoms with Gasteiger partial charge in [0.15, 0.2) is 0 Å². The average Bonchev–Trinajstić information content (AvgIpc) is 3.32. The first kappa shape index (κ1) is 20.8. The molecule has 0 radical (unpaired) electrons. The van der Waals surface area contributed by atoms with E-state index >= 15 is 0 Å². The molecular weight excluding hydrogens is 374 g/mol. The lowest BCUT2D eigenvalue weighted by atomic mass is 9.88. The summed E-state index contributed by atoms with van der Waals surface area (Å²) in [6.07, 6.45) is 7.96. The van der Waals surface area contributed by atoms with Crippen molar-refractivity contribution < 1.29 is 4.79 Å². The topological polar surface area (TPSA) is 70.2 Å². The molecule has 0 spiro atoms. The van der Waals surface area contributed by atoms with Crippen LogP contribution in [-0.2, 0) is 16.8 Å². The SMILES string of the molecule is CC[C@H](C)N1C(=O)C(C)(C)c2cnc(Nc3ccc(CNC4CCCC4)cc3)nc21. The lowest BCUT2D eigenvalue weighted by molar-refractivity contribution is -0.122. The van der Waals surface area contributed by atoms with Gasteiger partial charge < -0.3 is 10.6 Å².